The van der Waals surface area contributed by atoms with Gasteiger partial charge in [0.05, 0.1) is 25.4 Å². The summed E-state index contributed by atoms with van der Waals surface area (Å²) in [6.07, 6.45) is 2.09. The third kappa shape index (κ3) is 6.29. The van der Waals surface area contributed by atoms with Gasteiger partial charge in [0.2, 0.25) is 0 Å². The summed E-state index contributed by atoms with van der Waals surface area (Å²) < 4.78 is 30.4. The summed E-state index contributed by atoms with van der Waals surface area (Å²) in [6.45, 7) is 16.5. The average Bonchev–Trinajstić information content (AvgIpc) is 3.47. The molecule has 0 radical (unpaired) electrons. The topological polar surface area (TPSA) is 135 Å². The van der Waals surface area contributed by atoms with Crippen LogP contribution in [0.3, 0.4) is 0 Å². The molecule has 1 unspecified atom stereocenters. The third-order valence-electron chi connectivity index (χ3n) is 13.1. The summed E-state index contributed by atoms with van der Waals surface area (Å²) in [5.41, 5.74) is -0.523. The lowest BCUT2D eigenvalue weighted by Crippen LogP contribution is -2.74. The Morgan fingerprint density at radius 2 is 1.62 bits per heavy atom. The van der Waals surface area contributed by atoms with Gasteiger partial charge in [-0.1, -0.05) is 52.0 Å². The maximum absolute atomic E-state index is 13.1. The highest BCUT2D eigenvalue weighted by Gasteiger charge is 2.76. The van der Waals surface area contributed by atoms with E-state index >= 15 is 0 Å². The van der Waals surface area contributed by atoms with Gasteiger partial charge in [0.15, 0.2) is 0 Å². The fraction of sp³-hybridized carbons (Fsp3) is 0.700. The molecule has 4 aliphatic rings. The van der Waals surface area contributed by atoms with Gasteiger partial charge in [0.1, 0.15) is 18.3 Å². The first kappa shape index (κ1) is 38.0. The number of benzene rings is 1. The van der Waals surface area contributed by atoms with Gasteiger partial charge in [0, 0.05) is 50.4 Å². The van der Waals surface area contributed by atoms with Crippen LogP contribution < -0.4 is 0 Å². The molecule has 1 aliphatic heterocycles. The number of hydrogen-bond acceptors (Lipinski definition) is 10. The Balaban J connectivity index is 1.71. The van der Waals surface area contributed by atoms with Gasteiger partial charge in [0.25, 0.3) is 0 Å². The number of hydrogen-bond donors (Lipinski definition) is 1. The second kappa shape index (κ2) is 14.1. The van der Waals surface area contributed by atoms with Gasteiger partial charge >= 0.3 is 23.9 Å². The van der Waals surface area contributed by atoms with Crippen LogP contribution in [0, 0.1) is 34.0 Å². The highest BCUT2D eigenvalue weighted by Crippen LogP contribution is 2.72. The van der Waals surface area contributed by atoms with Crippen LogP contribution in [0.25, 0.3) is 0 Å². The van der Waals surface area contributed by atoms with Crippen molar-refractivity contribution in [3.05, 3.63) is 47.0 Å². The largest absolute Gasteiger partial charge is 0.466 e. The van der Waals surface area contributed by atoms with Crippen molar-refractivity contribution in [3.63, 3.8) is 0 Å². The summed E-state index contributed by atoms with van der Waals surface area (Å²) in [4.78, 5) is 50.7. The van der Waals surface area contributed by atoms with Gasteiger partial charge in [-0.3, -0.25) is 19.2 Å². The van der Waals surface area contributed by atoms with Gasteiger partial charge in [-0.05, 0) is 79.1 Å². The van der Waals surface area contributed by atoms with Crippen molar-refractivity contribution in [2.45, 2.75) is 124 Å². The lowest BCUT2D eigenvalue weighted by atomic mass is 9.36. The highest BCUT2D eigenvalue weighted by atomic mass is 16.6. The van der Waals surface area contributed by atoms with Crippen LogP contribution in [0.1, 0.15) is 105 Å². The number of ether oxygens (including phenoxy) is 5. The molecule has 1 N–H and O–H groups in total. The molecule has 10 nitrogen and oxygen atoms in total. The summed E-state index contributed by atoms with van der Waals surface area (Å²) in [5.74, 6) is -3.10. The van der Waals surface area contributed by atoms with Crippen LogP contribution in [0.5, 0.6) is 0 Å². The van der Waals surface area contributed by atoms with E-state index in [-0.39, 0.29) is 25.0 Å². The van der Waals surface area contributed by atoms with Crippen LogP contribution in [-0.4, -0.2) is 72.7 Å². The standard InChI is InChI=1S/C40H56O10/c1-10-29-13-11-12-14-30(29)23(2)20-40(45)24(3)19-33(48-26(5)42)38(9)31(40)15-16-37(8)32-21-46-22-39(32,17-18-47-25(4)41)36(50-28(7)44)34(35(37)38)49-27(6)43/h11-14,19,23,31-36,45H,10,15-18,20-22H2,1-9H3/t23-,31+,32-,33+,34-,35?,36-,37-,38+,39-,40+/m0/s1. The quantitative estimate of drug-likeness (QED) is 0.180. The number of carbonyl (C=O) groups excluding carboxylic acids is 4. The molecular formula is C40H56O10. The zero-order valence-corrected chi connectivity index (χ0v) is 31.2. The monoisotopic (exact) mass is 696 g/mol. The maximum Gasteiger partial charge on any atom is 0.303 e. The Morgan fingerprint density at radius 3 is 2.24 bits per heavy atom. The molecule has 50 heavy (non-hydrogen) atoms. The minimum absolute atomic E-state index is 0.00362. The molecule has 0 amide bonds. The fourth-order valence-electron chi connectivity index (χ4n) is 11.2. The van der Waals surface area contributed by atoms with Crippen molar-refractivity contribution >= 4 is 23.9 Å². The molecule has 3 aliphatic carbocycles. The predicted octanol–water partition coefficient (Wildman–Crippen LogP) is 5.87. The van der Waals surface area contributed by atoms with E-state index in [1.807, 2.05) is 25.1 Å². The van der Waals surface area contributed by atoms with Crippen LogP contribution >= 0.6 is 0 Å². The average molecular weight is 697 g/mol. The molecule has 3 fully saturated rings. The normalized spacial score (nSPS) is 38.0. The summed E-state index contributed by atoms with van der Waals surface area (Å²) in [6, 6.07) is 8.33. The van der Waals surface area contributed by atoms with Crippen LogP contribution in [-0.2, 0) is 49.3 Å². The summed E-state index contributed by atoms with van der Waals surface area (Å²) >= 11 is 0. The number of rotatable bonds is 10. The van der Waals surface area contributed by atoms with Crippen LogP contribution in [0.2, 0.25) is 0 Å². The number of carbonyl (C=O) groups is 4. The van der Waals surface area contributed by atoms with E-state index in [2.05, 4.69) is 39.8 Å². The van der Waals surface area contributed by atoms with Crippen molar-refractivity contribution in [2.75, 3.05) is 19.8 Å². The van der Waals surface area contributed by atoms with Crippen molar-refractivity contribution in [1.82, 2.24) is 0 Å². The smallest absolute Gasteiger partial charge is 0.303 e. The minimum Gasteiger partial charge on any atom is -0.466 e. The molecule has 1 heterocycles. The van der Waals surface area contributed by atoms with Crippen LogP contribution in [0.15, 0.2) is 35.9 Å². The van der Waals surface area contributed by atoms with Gasteiger partial charge in [-0.15, -0.1) is 0 Å². The van der Waals surface area contributed by atoms with E-state index < -0.39 is 75.9 Å². The molecule has 1 saturated heterocycles. The Labute approximate surface area is 296 Å². The molecule has 0 spiro atoms. The molecule has 10 heteroatoms. The zero-order valence-electron chi connectivity index (χ0n) is 31.2. The molecule has 276 valence electrons. The van der Waals surface area contributed by atoms with Gasteiger partial charge in [-0.2, -0.15) is 0 Å². The first-order chi connectivity index (χ1) is 23.4. The van der Waals surface area contributed by atoms with Gasteiger partial charge in [-0.25, -0.2) is 0 Å². The van der Waals surface area contributed by atoms with Crippen molar-refractivity contribution in [3.8, 4) is 0 Å². The predicted molar refractivity (Wildman–Crippen MR) is 185 cm³/mol. The number of aliphatic hydroxyl groups is 1. The van der Waals surface area contributed by atoms with Crippen molar-refractivity contribution in [2.24, 2.45) is 34.0 Å². The molecule has 11 atom stereocenters. The second-order valence-electron chi connectivity index (χ2n) is 15.9. The molecule has 5 rings (SSSR count). The zero-order chi connectivity index (χ0) is 36.8. The third-order valence-corrected chi connectivity index (χ3v) is 13.1. The lowest BCUT2D eigenvalue weighted by molar-refractivity contribution is -0.287. The molecule has 0 aromatic heterocycles. The lowest BCUT2D eigenvalue weighted by Gasteiger charge is -2.70. The molecule has 2 saturated carbocycles. The Kier molecular flexibility index (Phi) is 10.7. The van der Waals surface area contributed by atoms with Crippen molar-refractivity contribution < 1.29 is 48.0 Å². The highest BCUT2D eigenvalue weighted by molar-refractivity contribution is 5.68. The molecular weight excluding hydrogens is 640 g/mol. The van der Waals surface area contributed by atoms with E-state index in [0.717, 1.165) is 12.0 Å². The molecule has 1 aromatic rings. The Morgan fingerprint density at radius 1 is 0.960 bits per heavy atom. The van der Waals surface area contributed by atoms with Crippen molar-refractivity contribution in [1.29, 1.82) is 0 Å². The van der Waals surface area contributed by atoms with E-state index in [0.29, 0.717) is 32.3 Å². The number of aryl methyl sites for hydroxylation is 1. The SMILES string of the molecule is CCc1ccccc1[C@@H](C)C[C@@]1(O)C(C)=C[C@@H](OC(C)=O)[C@]2(C)C3[C@H](OC(C)=O)[C@H](OC(C)=O)[C@@]4(CCOC(C)=O)COC[C@H]4[C@]3(C)CC[C@H]21. The summed E-state index contributed by atoms with van der Waals surface area (Å²) in [5, 5.41) is 13.1. The second-order valence-corrected chi connectivity index (χ2v) is 15.9. The fourth-order valence-corrected chi connectivity index (χ4v) is 11.2. The number of fused-ring (bicyclic) bond motifs is 5. The first-order valence-corrected chi connectivity index (χ1v) is 18.2. The summed E-state index contributed by atoms with van der Waals surface area (Å²) in [7, 11) is 0. The van der Waals surface area contributed by atoms with Crippen LogP contribution in [0.4, 0.5) is 0 Å². The van der Waals surface area contributed by atoms with E-state index in [4.69, 9.17) is 23.7 Å². The molecule has 0 bridgehead atoms. The Hall–Kier alpha value is -3.24. The maximum atomic E-state index is 13.1. The minimum atomic E-state index is -1.29. The molecule has 1 aromatic carbocycles. The Bertz CT molecular complexity index is 1520. The number of esters is 4. The van der Waals surface area contributed by atoms with E-state index in [1.54, 1.807) is 0 Å². The van der Waals surface area contributed by atoms with E-state index in [1.165, 1.54) is 38.8 Å². The van der Waals surface area contributed by atoms with E-state index in [9.17, 15) is 24.3 Å². The van der Waals surface area contributed by atoms with Gasteiger partial charge < -0.3 is 28.8 Å². The first-order valence-electron chi connectivity index (χ1n) is 18.2.